The first-order chi connectivity index (χ1) is 15.4. The van der Waals surface area contributed by atoms with Crippen LogP contribution in [0.4, 0.5) is 19.3 Å². The number of urea groups is 1. The molecule has 9 heteroatoms. The molecule has 2 heterocycles. The highest BCUT2D eigenvalue weighted by Gasteiger charge is 2.47. The largest absolute Gasteiger partial charge is 0.327 e. The van der Waals surface area contributed by atoms with Crippen LogP contribution in [-0.4, -0.2) is 59.4 Å². The first-order valence-corrected chi connectivity index (χ1v) is 10.6. The Kier molecular flexibility index (Phi) is 6.45. The monoisotopic (exact) mass is 442 g/mol. The van der Waals surface area contributed by atoms with E-state index in [1.54, 1.807) is 0 Å². The van der Waals surface area contributed by atoms with Crippen LogP contribution in [0.3, 0.4) is 0 Å². The van der Waals surface area contributed by atoms with Gasteiger partial charge in [0.05, 0.1) is 11.7 Å². The molecular formula is C23H24F2N4O3. The summed E-state index contributed by atoms with van der Waals surface area (Å²) in [6.07, 6.45) is 1.84. The van der Waals surface area contributed by atoms with Crippen molar-refractivity contribution in [2.45, 2.75) is 31.3 Å². The number of carbonyl (C=O) groups excluding carboxylic acids is 3. The highest BCUT2D eigenvalue weighted by Crippen LogP contribution is 2.25. The van der Waals surface area contributed by atoms with E-state index in [4.69, 9.17) is 0 Å². The Morgan fingerprint density at radius 2 is 1.91 bits per heavy atom. The van der Waals surface area contributed by atoms with Crippen LogP contribution in [0.5, 0.6) is 0 Å². The Morgan fingerprint density at radius 1 is 1.12 bits per heavy atom. The Hall–Kier alpha value is -3.33. The van der Waals surface area contributed by atoms with Crippen LogP contribution in [-0.2, 0) is 16.0 Å². The van der Waals surface area contributed by atoms with E-state index >= 15 is 0 Å². The molecule has 0 aliphatic carbocycles. The molecule has 0 saturated carbocycles. The molecule has 2 aliphatic rings. The number of piperidine rings is 1. The zero-order valence-electron chi connectivity index (χ0n) is 17.4. The van der Waals surface area contributed by atoms with Crippen molar-refractivity contribution in [2.24, 2.45) is 0 Å². The van der Waals surface area contributed by atoms with Crippen LogP contribution in [0.2, 0.25) is 0 Å². The van der Waals surface area contributed by atoms with E-state index in [0.717, 1.165) is 24.1 Å². The third-order valence-electron chi connectivity index (χ3n) is 5.82. The number of fused-ring (bicyclic) bond motifs is 1. The van der Waals surface area contributed by atoms with E-state index in [2.05, 4.69) is 10.6 Å². The second-order valence-electron chi connectivity index (χ2n) is 7.95. The van der Waals surface area contributed by atoms with E-state index < -0.39 is 35.7 Å². The van der Waals surface area contributed by atoms with Gasteiger partial charge < -0.3 is 15.5 Å². The molecule has 168 valence electrons. The van der Waals surface area contributed by atoms with Crippen molar-refractivity contribution in [3.63, 3.8) is 0 Å². The van der Waals surface area contributed by atoms with Gasteiger partial charge in [-0.25, -0.2) is 13.6 Å². The van der Waals surface area contributed by atoms with Crippen LogP contribution in [0.1, 0.15) is 18.4 Å². The van der Waals surface area contributed by atoms with Gasteiger partial charge in [-0.1, -0.05) is 30.3 Å². The average molecular weight is 442 g/mol. The topological polar surface area (TPSA) is 81.8 Å². The summed E-state index contributed by atoms with van der Waals surface area (Å²) in [5.41, 5.74) is 0.819. The summed E-state index contributed by atoms with van der Waals surface area (Å²) in [5, 5.41) is 5.56. The molecule has 2 atom stereocenters. The van der Waals surface area contributed by atoms with Gasteiger partial charge in [0.1, 0.15) is 24.2 Å². The lowest BCUT2D eigenvalue weighted by atomic mass is 9.93. The maximum absolute atomic E-state index is 13.9. The van der Waals surface area contributed by atoms with Crippen molar-refractivity contribution in [3.05, 3.63) is 65.7 Å². The van der Waals surface area contributed by atoms with Gasteiger partial charge in [-0.15, -0.1) is 0 Å². The first kappa shape index (κ1) is 21.9. The van der Waals surface area contributed by atoms with Gasteiger partial charge in [-0.2, -0.15) is 0 Å². The van der Waals surface area contributed by atoms with E-state index in [0.29, 0.717) is 25.5 Å². The number of hydrogen-bond donors (Lipinski definition) is 2. The number of nitrogens with one attached hydrogen (secondary N) is 2. The van der Waals surface area contributed by atoms with Gasteiger partial charge in [-0.3, -0.25) is 14.5 Å². The molecule has 32 heavy (non-hydrogen) atoms. The molecule has 0 spiro atoms. The first-order valence-electron chi connectivity index (χ1n) is 10.6. The van der Waals surface area contributed by atoms with E-state index in [1.807, 2.05) is 30.3 Å². The highest BCUT2D eigenvalue weighted by molar-refractivity contribution is 6.03. The van der Waals surface area contributed by atoms with Gasteiger partial charge in [0.2, 0.25) is 11.8 Å². The number of carbonyl (C=O) groups is 3. The van der Waals surface area contributed by atoms with Gasteiger partial charge >= 0.3 is 6.03 Å². The summed E-state index contributed by atoms with van der Waals surface area (Å²) in [4.78, 5) is 41.4. The number of amides is 4. The molecule has 2 fully saturated rings. The molecular weight excluding hydrogens is 418 g/mol. The summed E-state index contributed by atoms with van der Waals surface area (Å²) in [7, 11) is 0. The number of imide groups is 1. The Balaban J connectivity index is 1.50. The van der Waals surface area contributed by atoms with E-state index in [1.165, 1.54) is 9.80 Å². The minimum Gasteiger partial charge on any atom is -0.322 e. The summed E-state index contributed by atoms with van der Waals surface area (Å²) >= 11 is 0. The normalized spacial score (nSPS) is 20.8. The zero-order chi connectivity index (χ0) is 22.7. The summed E-state index contributed by atoms with van der Waals surface area (Å²) in [6, 6.07) is 10.8. The zero-order valence-corrected chi connectivity index (χ0v) is 17.4. The lowest BCUT2D eigenvalue weighted by molar-refractivity contribution is -0.138. The van der Waals surface area contributed by atoms with Crippen molar-refractivity contribution < 1.29 is 23.2 Å². The number of benzene rings is 2. The molecule has 4 rings (SSSR count). The molecule has 2 aromatic carbocycles. The van der Waals surface area contributed by atoms with Gasteiger partial charge in [-0.05, 0) is 43.5 Å². The maximum atomic E-state index is 13.9. The van der Waals surface area contributed by atoms with Crippen LogP contribution < -0.4 is 10.6 Å². The molecule has 7 nitrogen and oxygen atoms in total. The number of anilines is 1. The van der Waals surface area contributed by atoms with E-state index in [9.17, 15) is 23.2 Å². The fourth-order valence-electron chi connectivity index (χ4n) is 4.23. The van der Waals surface area contributed by atoms with Crippen LogP contribution in [0, 0.1) is 11.6 Å². The minimum atomic E-state index is -0.903. The fourth-order valence-corrected chi connectivity index (χ4v) is 4.23. The molecule has 4 amide bonds. The standard InChI is InChI=1S/C23H24F2N4O3/c24-16-8-9-18(17(25)13-16)27-20(30)14-29-19-7-4-11-26-21(19)22(31)28(23(29)32)12-10-15-5-2-1-3-6-15/h1-3,5-6,8-9,13,19,21,26H,4,7,10-12,14H2,(H,27,30). The van der Waals surface area contributed by atoms with Crippen LogP contribution in [0.15, 0.2) is 48.5 Å². The second-order valence-corrected chi connectivity index (χ2v) is 7.95. The third-order valence-corrected chi connectivity index (χ3v) is 5.82. The molecule has 0 bridgehead atoms. The van der Waals surface area contributed by atoms with Crippen LogP contribution in [0.25, 0.3) is 0 Å². The third kappa shape index (κ3) is 4.62. The number of rotatable bonds is 6. The minimum absolute atomic E-state index is 0.170. The van der Waals surface area contributed by atoms with Crippen molar-refractivity contribution in [1.29, 1.82) is 0 Å². The maximum Gasteiger partial charge on any atom is 0.327 e. The Bertz CT molecular complexity index is 1020. The number of nitrogens with zero attached hydrogens (tertiary/aromatic N) is 2. The summed E-state index contributed by atoms with van der Waals surface area (Å²) < 4.78 is 27.0. The quantitative estimate of drug-likeness (QED) is 0.721. The molecule has 2 saturated heterocycles. The summed E-state index contributed by atoms with van der Waals surface area (Å²) in [5.74, 6) is -2.57. The van der Waals surface area contributed by atoms with Crippen molar-refractivity contribution >= 4 is 23.5 Å². The smallest absolute Gasteiger partial charge is 0.322 e. The molecule has 0 radical (unpaired) electrons. The van der Waals surface area contributed by atoms with Crippen LogP contribution >= 0.6 is 0 Å². The second kappa shape index (κ2) is 9.44. The fraction of sp³-hybridized carbons (Fsp3) is 0.348. The van der Waals surface area contributed by atoms with Gasteiger partial charge in [0.15, 0.2) is 0 Å². The molecule has 2 N–H and O–H groups in total. The predicted octanol–water partition coefficient (Wildman–Crippen LogP) is 2.53. The number of halogens is 2. The van der Waals surface area contributed by atoms with Gasteiger partial charge in [0.25, 0.3) is 0 Å². The number of hydrogen-bond acceptors (Lipinski definition) is 4. The average Bonchev–Trinajstić information content (AvgIpc) is 2.79. The molecule has 2 aliphatic heterocycles. The SMILES string of the molecule is O=C(CN1C(=O)N(CCc2ccccc2)C(=O)C2NCCCC21)Nc1ccc(F)cc1F. The Morgan fingerprint density at radius 3 is 2.66 bits per heavy atom. The Labute approximate surface area is 184 Å². The van der Waals surface area contributed by atoms with Crippen molar-refractivity contribution in [1.82, 2.24) is 15.1 Å². The predicted molar refractivity (Wildman–Crippen MR) is 114 cm³/mol. The van der Waals surface area contributed by atoms with Crippen molar-refractivity contribution in [2.75, 3.05) is 25.0 Å². The summed E-state index contributed by atoms with van der Waals surface area (Å²) in [6.45, 7) is 0.499. The highest BCUT2D eigenvalue weighted by atomic mass is 19.1. The van der Waals surface area contributed by atoms with Gasteiger partial charge in [0, 0.05) is 12.6 Å². The molecule has 2 unspecified atom stereocenters. The molecule has 0 aromatic heterocycles. The van der Waals surface area contributed by atoms with Crippen molar-refractivity contribution in [3.8, 4) is 0 Å². The lowest BCUT2D eigenvalue weighted by Gasteiger charge is -2.46. The van der Waals surface area contributed by atoms with E-state index in [-0.39, 0.29) is 24.7 Å². The lowest BCUT2D eigenvalue weighted by Crippen LogP contribution is -2.70. The molecule has 2 aromatic rings.